The number of benzene rings is 1. The molecule has 156 valence electrons. The maximum absolute atomic E-state index is 6.08. The third-order valence-corrected chi connectivity index (χ3v) is 5.64. The standard InChI is InChI=1S/C22H36N4O2/c1-18-6-7-20(19(2)16-18)21-17-26(12-15-28-21)22(23-3)24-8-4-5-9-25-10-13-27-14-11-25/h6-7,16,21H,4-5,8-15,17H2,1-3H3,(H,23,24). The van der Waals surface area contributed by atoms with Gasteiger partial charge in [-0.3, -0.25) is 9.89 Å². The van der Waals surface area contributed by atoms with Crippen LogP contribution in [0.5, 0.6) is 0 Å². The zero-order valence-electron chi connectivity index (χ0n) is 17.7. The maximum Gasteiger partial charge on any atom is 0.193 e. The Morgan fingerprint density at radius 3 is 2.71 bits per heavy atom. The molecule has 1 atom stereocenters. The van der Waals surface area contributed by atoms with Gasteiger partial charge in [-0.05, 0) is 44.4 Å². The van der Waals surface area contributed by atoms with Crippen LogP contribution >= 0.6 is 0 Å². The Bertz CT molecular complexity index is 643. The maximum atomic E-state index is 6.08. The molecule has 2 fully saturated rings. The van der Waals surface area contributed by atoms with Crippen molar-refractivity contribution in [2.45, 2.75) is 32.8 Å². The van der Waals surface area contributed by atoms with E-state index in [1.165, 1.54) is 23.1 Å². The van der Waals surface area contributed by atoms with E-state index in [2.05, 4.69) is 52.2 Å². The molecule has 0 aromatic heterocycles. The van der Waals surface area contributed by atoms with Crippen molar-refractivity contribution < 1.29 is 9.47 Å². The second-order valence-corrected chi connectivity index (χ2v) is 7.80. The summed E-state index contributed by atoms with van der Waals surface area (Å²) in [5.41, 5.74) is 3.89. The average molecular weight is 389 g/mol. The number of nitrogens with zero attached hydrogens (tertiary/aromatic N) is 3. The van der Waals surface area contributed by atoms with Crippen molar-refractivity contribution >= 4 is 5.96 Å². The largest absolute Gasteiger partial charge is 0.379 e. The summed E-state index contributed by atoms with van der Waals surface area (Å²) in [5, 5.41) is 3.55. The highest BCUT2D eigenvalue weighted by Gasteiger charge is 2.25. The van der Waals surface area contributed by atoms with E-state index in [1.54, 1.807) is 0 Å². The van der Waals surface area contributed by atoms with Crippen LogP contribution in [0, 0.1) is 13.8 Å². The van der Waals surface area contributed by atoms with Gasteiger partial charge in [0.15, 0.2) is 5.96 Å². The van der Waals surface area contributed by atoms with E-state index < -0.39 is 0 Å². The molecule has 0 radical (unpaired) electrons. The predicted molar refractivity (Wildman–Crippen MR) is 114 cm³/mol. The van der Waals surface area contributed by atoms with Gasteiger partial charge in [0.05, 0.1) is 26.4 Å². The lowest BCUT2D eigenvalue weighted by atomic mass is 10.00. The number of hydrogen-bond donors (Lipinski definition) is 1. The smallest absolute Gasteiger partial charge is 0.193 e. The average Bonchev–Trinajstić information content (AvgIpc) is 2.71. The first kappa shape index (κ1) is 21.1. The molecule has 6 nitrogen and oxygen atoms in total. The minimum Gasteiger partial charge on any atom is -0.379 e. The third-order valence-electron chi connectivity index (χ3n) is 5.64. The highest BCUT2D eigenvalue weighted by molar-refractivity contribution is 5.80. The molecule has 6 heteroatoms. The number of morpholine rings is 2. The molecule has 2 aliphatic rings. The molecule has 1 N–H and O–H groups in total. The Labute approximate surface area is 169 Å². The van der Waals surface area contributed by atoms with Crippen LogP contribution < -0.4 is 5.32 Å². The van der Waals surface area contributed by atoms with Crippen molar-refractivity contribution in [3.63, 3.8) is 0 Å². The van der Waals surface area contributed by atoms with E-state index in [9.17, 15) is 0 Å². The van der Waals surface area contributed by atoms with Crippen molar-refractivity contribution in [3.05, 3.63) is 34.9 Å². The van der Waals surface area contributed by atoms with E-state index in [0.717, 1.165) is 71.5 Å². The molecular formula is C22H36N4O2. The lowest BCUT2D eigenvalue weighted by molar-refractivity contribution is -0.00832. The number of unbranched alkanes of at least 4 members (excludes halogenated alkanes) is 1. The fraction of sp³-hybridized carbons (Fsp3) is 0.682. The first-order chi connectivity index (χ1) is 13.7. The van der Waals surface area contributed by atoms with Crippen LogP contribution in [0.15, 0.2) is 23.2 Å². The predicted octanol–water partition coefficient (Wildman–Crippen LogP) is 2.36. The summed E-state index contributed by atoms with van der Waals surface area (Å²) in [4.78, 5) is 9.34. The molecule has 2 heterocycles. The molecule has 1 aromatic carbocycles. The Kier molecular flexibility index (Phi) is 8.13. The highest BCUT2D eigenvalue weighted by Crippen LogP contribution is 2.25. The lowest BCUT2D eigenvalue weighted by Crippen LogP contribution is -2.48. The number of guanidine groups is 1. The number of aliphatic imine (C=N–C) groups is 1. The summed E-state index contributed by atoms with van der Waals surface area (Å²) in [6.45, 7) is 12.8. The zero-order valence-corrected chi connectivity index (χ0v) is 17.7. The second-order valence-electron chi connectivity index (χ2n) is 7.80. The SMILES string of the molecule is CN=C(NCCCCN1CCOCC1)N1CCOC(c2ccc(C)cc2C)C1. The van der Waals surface area contributed by atoms with Crippen molar-refractivity contribution in [3.8, 4) is 0 Å². The van der Waals surface area contributed by atoms with Crippen molar-refractivity contribution in [1.82, 2.24) is 15.1 Å². The molecule has 28 heavy (non-hydrogen) atoms. The van der Waals surface area contributed by atoms with Crippen LogP contribution in [0.4, 0.5) is 0 Å². The van der Waals surface area contributed by atoms with E-state index in [0.29, 0.717) is 0 Å². The topological polar surface area (TPSA) is 49.3 Å². The molecule has 2 saturated heterocycles. The van der Waals surface area contributed by atoms with Gasteiger partial charge in [-0.1, -0.05) is 23.8 Å². The molecule has 1 unspecified atom stereocenters. The molecule has 1 aromatic rings. The van der Waals surface area contributed by atoms with Crippen molar-refractivity contribution in [1.29, 1.82) is 0 Å². The van der Waals surface area contributed by atoms with Gasteiger partial charge in [0, 0.05) is 33.2 Å². The molecule has 0 bridgehead atoms. The van der Waals surface area contributed by atoms with Crippen molar-refractivity contribution in [2.24, 2.45) is 4.99 Å². The van der Waals surface area contributed by atoms with Crippen LogP contribution in [0.2, 0.25) is 0 Å². The highest BCUT2D eigenvalue weighted by atomic mass is 16.5. The van der Waals surface area contributed by atoms with Gasteiger partial charge in [0.25, 0.3) is 0 Å². The molecular weight excluding hydrogens is 352 g/mol. The quantitative estimate of drug-likeness (QED) is 0.461. The number of ether oxygens (including phenoxy) is 2. The normalized spacial score (nSPS) is 21.8. The summed E-state index contributed by atoms with van der Waals surface area (Å²) in [5.74, 6) is 0.990. The number of nitrogens with one attached hydrogen (secondary N) is 1. The van der Waals surface area contributed by atoms with Crippen LogP contribution in [0.1, 0.15) is 35.6 Å². The zero-order chi connectivity index (χ0) is 19.8. The van der Waals surface area contributed by atoms with E-state index in [4.69, 9.17) is 9.47 Å². The Hall–Kier alpha value is -1.63. The van der Waals surface area contributed by atoms with Gasteiger partial charge in [-0.2, -0.15) is 0 Å². The van der Waals surface area contributed by atoms with Crippen LogP contribution in [-0.2, 0) is 9.47 Å². The first-order valence-electron chi connectivity index (χ1n) is 10.6. The van der Waals surface area contributed by atoms with Gasteiger partial charge in [0.1, 0.15) is 6.10 Å². The molecule has 0 amide bonds. The van der Waals surface area contributed by atoms with Crippen molar-refractivity contribution in [2.75, 3.05) is 66.1 Å². The van der Waals surface area contributed by atoms with Gasteiger partial charge in [0.2, 0.25) is 0 Å². The third kappa shape index (κ3) is 5.93. The first-order valence-corrected chi connectivity index (χ1v) is 10.6. The molecule has 0 saturated carbocycles. The Balaban J connectivity index is 1.44. The van der Waals surface area contributed by atoms with Crippen LogP contribution in [-0.4, -0.2) is 81.9 Å². The molecule has 3 rings (SSSR count). The number of hydrogen-bond acceptors (Lipinski definition) is 4. The van der Waals surface area contributed by atoms with E-state index in [1.807, 2.05) is 7.05 Å². The van der Waals surface area contributed by atoms with Crippen LogP contribution in [0.25, 0.3) is 0 Å². The Morgan fingerprint density at radius 2 is 1.96 bits per heavy atom. The summed E-state index contributed by atoms with van der Waals surface area (Å²) in [6, 6.07) is 6.62. The lowest BCUT2D eigenvalue weighted by Gasteiger charge is -2.36. The summed E-state index contributed by atoms with van der Waals surface area (Å²) in [7, 11) is 1.87. The molecule has 0 spiro atoms. The van der Waals surface area contributed by atoms with Gasteiger partial charge >= 0.3 is 0 Å². The Morgan fingerprint density at radius 1 is 1.14 bits per heavy atom. The monoisotopic (exact) mass is 388 g/mol. The fourth-order valence-corrected chi connectivity index (χ4v) is 4.03. The summed E-state index contributed by atoms with van der Waals surface area (Å²) >= 11 is 0. The van der Waals surface area contributed by atoms with Gasteiger partial charge in [-0.25, -0.2) is 0 Å². The fourth-order valence-electron chi connectivity index (χ4n) is 4.03. The summed E-state index contributed by atoms with van der Waals surface area (Å²) in [6.07, 6.45) is 2.47. The minimum absolute atomic E-state index is 0.106. The van der Waals surface area contributed by atoms with Gasteiger partial charge in [-0.15, -0.1) is 0 Å². The van der Waals surface area contributed by atoms with Gasteiger partial charge < -0.3 is 19.7 Å². The molecule has 2 aliphatic heterocycles. The molecule has 0 aliphatic carbocycles. The minimum atomic E-state index is 0.106. The number of aryl methyl sites for hydroxylation is 2. The van der Waals surface area contributed by atoms with Crippen LogP contribution in [0.3, 0.4) is 0 Å². The number of rotatable bonds is 6. The second kappa shape index (κ2) is 10.8. The summed E-state index contributed by atoms with van der Waals surface area (Å²) < 4.78 is 11.5. The van der Waals surface area contributed by atoms with E-state index >= 15 is 0 Å². The van der Waals surface area contributed by atoms with E-state index in [-0.39, 0.29) is 6.10 Å².